The Morgan fingerprint density at radius 2 is 2.00 bits per heavy atom. The molecule has 0 bridgehead atoms. The van der Waals surface area contributed by atoms with Gasteiger partial charge in [-0.3, -0.25) is 25.4 Å². The molecule has 2 aromatic heterocycles. The maximum Gasteiger partial charge on any atom is 0.231 e. The molecule has 2 aliphatic rings. The minimum absolute atomic E-state index is 0.0382. The Labute approximate surface area is 196 Å². The van der Waals surface area contributed by atoms with E-state index >= 15 is 0 Å². The van der Waals surface area contributed by atoms with Crippen LogP contribution in [0, 0.1) is 22.7 Å². The van der Waals surface area contributed by atoms with Gasteiger partial charge in [0.25, 0.3) is 0 Å². The largest absolute Gasteiger partial charge is 0.309 e. The zero-order valence-corrected chi connectivity index (χ0v) is 19.5. The average molecular weight is 467 g/mol. The highest BCUT2D eigenvalue weighted by Gasteiger charge is 2.65. The normalized spacial score (nSPS) is 23.0. The molecule has 2 fully saturated rings. The van der Waals surface area contributed by atoms with Crippen molar-refractivity contribution in [1.82, 2.24) is 20.5 Å². The third-order valence-corrected chi connectivity index (χ3v) is 7.09. The molecule has 0 radical (unpaired) electrons. The number of anilines is 1. The minimum Gasteiger partial charge on any atom is -0.309 e. The Morgan fingerprint density at radius 3 is 2.64 bits per heavy atom. The second kappa shape index (κ2) is 9.38. The highest BCUT2D eigenvalue weighted by atomic mass is 32.2. The topological polar surface area (TPSA) is 146 Å². The fraction of sp³-hybridized carbons (Fsp3) is 0.435. The first-order valence-electron chi connectivity index (χ1n) is 11.0. The summed E-state index contributed by atoms with van der Waals surface area (Å²) in [4.78, 5) is 28.0. The van der Waals surface area contributed by atoms with Gasteiger partial charge in [-0.25, -0.2) is 0 Å². The molecule has 1 atom stereocenters. The van der Waals surface area contributed by atoms with Crippen molar-refractivity contribution in [3.05, 3.63) is 47.9 Å². The van der Waals surface area contributed by atoms with E-state index in [4.69, 9.17) is 10.8 Å². The quantitative estimate of drug-likeness (QED) is 0.375. The predicted molar refractivity (Wildman–Crippen MR) is 126 cm³/mol. The Morgan fingerprint density at radius 1 is 1.21 bits per heavy atom. The molecule has 2 saturated carbocycles. The van der Waals surface area contributed by atoms with Crippen LogP contribution in [0.25, 0.3) is 0 Å². The van der Waals surface area contributed by atoms with E-state index in [9.17, 15) is 9.59 Å². The summed E-state index contributed by atoms with van der Waals surface area (Å²) < 4.78 is 0. The maximum absolute atomic E-state index is 12.1. The molecule has 0 saturated heterocycles. The number of carbonyl (C=O) groups is 2. The summed E-state index contributed by atoms with van der Waals surface area (Å²) in [6.07, 6.45) is 4.71. The Balaban J connectivity index is 1.21. The van der Waals surface area contributed by atoms with Gasteiger partial charge in [-0.15, -0.1) is 5.10 Å². The van der Waals surface area contributed by atoms with Gasteiger partial charge in [-0.05, 0) is 48.9 Å². The lowest BCUT2D eigenvalue weighted by molar-refractivity contribution is -0.119. The molecule has 4 rings (SSSR count). The van der Waals surface area contributed by atoms with E-state index in [2.05, 4.69) is 25.8 Å². The monoisotopic (exact) mass is 466 g/mol. The van der Waals surface area contributed by atoms with E-state index in [-0.39, 0.29) is 40.7 Å². The Bertz CT molecular complexity index is 1070. The summed E-state index contributed by atoms with van der Waals surface area (Å²) in [7, 11) is 0. The van der Waals surface area contributed by atoms with Crippen LogP contribution in [-0.4, -0.2) is 37.2 Å². The van der Waals surface area contributed by atoms with Gasteiger partial charge in [0.05, 0.1) is 18.0 Å². The first-order chi connectivity index (χ1) is 15.8. The van der Waals surface area contributed by atoms with Crippen molar-refractivity contribution >= 4 is 39.6 Å². The van der Waals surface area contributed by atoms with Crippen molar-refractivity contribution in [3.63, 3.8) is 0 Å². The van der Waals surface area contributed by atoms with Crippen molar-refractivity contribution in [2.24, 2.45) is 17.3 Å². The lowest BCUT2D eigenvalue weighted by atomic mass is 9.69. The van der Waals surface area contributed by atoms with Crippen LogP contribution < -0.4 is 16.0 Å². The number of amidine groups is 1. The van der Waals surface area contributed by atoms with Gasteiger partial charge in [0, 0.05) is 35.5 Å². The summed E-state index contributed by atoms with van der Waals surface area (Å²) in [6.45, 7) is 3.66. The van der Waals surface area contributed by atoms with E-state index in [0.717, 1.165) is 36.7 Å². The van der Waals surface area contributed by atoms with Crippen LogP contribution in [0.5, 0.6) is 0 Å². The molecule has 5 N–H and O–H groups in total. The highest BCUT2D eigenvalue weighted by Crippen LogP contribution is 2.70. The number of nitrogens with one attached hydrogen (secondary N) is 3. The van der Waals surface area contributed by atoms with Gasteiger partial charge in [0.2, 0.25) is 16.9 Å². The molecular weight excluding hydrogens is 438 g/mol. The maximum atomic E-state index is 12.1. The Hall–Kier alpha value is -3.14. The molecule has 172 valence electrons. The molecule has 9 nitrogen and oxygen atoms in total. The third kappa shape index (κ3) is 5.44. The van der Waals surface area contributed by atoms with Crippen LogP contribution in [-0.2, 0) is 16.0 Å². The number of amides is 2. The zero-order valence-electron chi connectivity index (χ0n) is 18.7. The van der Waals surface area contributed by atoms with Crippen LogP contribution in [0.1, 0.15) is 50.4 Å². The molecule has 2 heterocycles. The number of rotatable bonds is 6. The lowest BCUT2D eigenvalue weighted by Crippen LogP contribution is -2.43. The molecule has 2 aliphatic carbocycles. The fourth-order valence-corrected chi connectivity index (χ4v) is 5.16. The number of carbonyl (C=O) groups excluding carboxylic acids is 2. The predicted octanol–water partition coefficient (Wildman–Crippen LogP) is 1.53. The molecule has 0 aliphatic heterocycles. The third-order valence-electron chi connectivity index (χ3n) is 6.26. The van der Waals surface area contributed by atoms with Gasteiger partial charge < -0.3 is 10.6 Å². The van der Waals surface area contributed by atoms with Crippen LogP contribution in [0.15, 0.2) is 36.5 Å². The number of hydrogen-bond acceptors (Lipinski definition) is 7. The summed E-state index contributed by atoms with van der Waals surface area (Å²) in [5.74, 6) is 0.563. The standard InChI is InChI=1S/C23H27N7O2S/c1-13(2)21(32)27-18-7-6-17(29-30-18)14-10-23(11-14)12-16(23)20(24)33-22(25)28-19(31)9-15-5-3-4-8-26-15/h3-8,13-14,16,24H,9-12H2,1-2H3,(H2,25,28,31)(H,27,30,32)/p+1/t14?,16-,23?/m1/s1. The van der Waals surface area contributed by atoms with Gasteiger partial charge in [0.1, 0.15) is 0 Å². The van der Waals surface area contributed by atoms with Crippen LogP contribution in [0.3, 0.4) is 0 Å². The van der Waals surface area contributed by atoms with Gasteiger partial charge in [-0.2, -0.15) is 5.10 Å². The molecule has 0 aromatic carbocycles. The zero-order chi connectivity index (χ0) is 23.6. The van der Waals surface area contributed by atoms with Crippen LogP contribution >= 0.6 is 11.8 Å². The number of pyridine rings is 1. The molecule has 2 aromatic rings. The number of aromatic nitrogens is 3. The molecule has 33 heavy (non-hydrogen) atoms. The highest BCUT2D eigenvalue weighted by molar-refractivity contribution is 8.26. The van der Waals surface area contributed by atoms with Crippen molar-refractivity contribution in [2.75, 3.05) is 5.32 Å². The second-order valence-electron chi connectivity index (χ2n) is 9.09. The average Bonchev–Trinajstić information content (AvgIpc) is 3.50. The van der Waals surface area contributed by atoms with E-state index in [1.807, 2.05) is 26.0 Å². The van der Waals surface area contributed by atoms with E-state index in [1.165, 1.54) is 0 Å². The number of nitrogens with zero attached hydrogens (tertiary/aromatic N) is 3. The SMILES string of the molecule is CC(C)C(=O)Nc1ccc(C2CC3(C2)C[C@@H]3C(=[NH2+])SC(=N)NC(=O)Cc2ccccn2)nn1. The van der Waals surface area contributed by atoms with E-state index < -0.39 is 0 Å². The van der Waals surface area contributed by atoms with Crippen molar-refractivity contribution in [1.29, 1.82) is 5.41 Å². The van der Waals surface area contributed by atoms with Gasteiger partial charge in [0.15, 0.2) is 11.0 Å². The van der Waals surface area contributed by atoms with Crippen LogP contribution in [0.2, 0.25) is 0 Å². The molecule has 10 heteroatoms. The summed E-state index contributed by atoms with van der Waals surface area (Å²) in [5.41, 5.74) is 1.76. The molecule has 1 spiro atoms. The van der Waals surface area contributed by atoms with E-state index in [0.29, 0.717) is 22.5 Å². The van der Waals surface area contributed by atoms with Crippen molar-refractivity contribution in [2.45, 2.75) is 45.4 Å². The Kier molecular flexibility index (Phi) is 6.55. The molecular formula is C23H28N7O2S+. The first-order valence-corrected chi connectivity index (χ1v) is 11.8. The smallest absolute Gasteiger partial charge is 0.231 e. The number of nitrogens with two attached hydrogens (primary N) is 1. The first kappa shape index (κ1) is 23.0. The fourth-order valence-electron chi connectivity index (χ4n) is 4.28. The van der Waals surface area contributed by atoms with Gasteiger partial charge >= 0.3 is 0 Å². The molecule has 0 unspecified atom stereocenters. The minimum atomic E-state index is -0.278. The van der Waals surface area contributed by atoms with Crippen LogP contribution in [0.4, 0.5) is 5.82 Å². The lowest BCUT2D eigenvalue weighted by Gasteiger charge is -2.35. The summed E-state index contributed by atoms with van der Waals surface area (Å²) >= 11 is 1.12. The number of thioether (sulfide) groups is 1. The van der Waals surface area contributed by atoms with E-state index in [1.54, 1.807) is 24.4 Å². The van der Waals surface area contributed by atoms with Gasteiger partial charge in [-0.1, -0.05) is 19.9 Å². The van der Waals surface area contributed by atoms with Crippen molar-refractivity contribution in [3.8, 4) is 0 Å². The number of hydrogen-bond donors (Lipinski definition) is 4. The summed E-state index contributed by atoms with van der Waals surface area (Å²) in [5, 5.41) is 28.8. The second-order valence-corrected chi connectivity index (χ2v) is 10.2. The summed E-state index contributed by atoms with van der Waals surface area (Å²) in [6, 6.07) is 9.11. The van der Waals surface area contributed by atoms with Crippen molar-refractivity contribution < 1.29 is 15.0 Å². The molecule has 2 amide bonds.